The van der Waals surface area contributed by atoms with Gasteiger partial charge in [-0.2, -0.15) is 10.1 Å². The molecule has 4 atom stereocenters. The highest BCUT2D eigenvalue weighted by molar-refractivity contribution is 5.31. The maximum Gasteiger partial charge on any atom is 0.113 e. The first-order valence-corrected chi connectivity index (χ1v) is 11.7. The van der Waals surface area contributed by atoms with Crippen LogP contribution in [0.5, 0.6) is 0 Å². The fraction of sp³-hybridized carbons (Fsp3) is 0.769. The second-order valence-corrected chi connectivity index (χ2v) is 12.1. The Morgan fingerprint density at radius 2 is 1.00 bits per heavy atom. The van der Waals surface area contributed by atoms with Gasteiger partial charge in [-0.05, 0) is 62.5 Å². The van der Waals surface area contributed by atoms with Gasteiger partial charge in [0.15, 0.2) is 0 Å². The van der Waals surface area contributed by atoms with Gasteiger partial charge < -0.3 is 0 Å². The van der Waals surface area contributed by atoms with Crippen molar-refractivity contribution < 1.29 is 9.68 Å². The van der Waals surface area contributed by atoms with Crippen LogP contribution in [0.1, 0.15) is 93.2 Å². The van der Waals surface area contributed by atoms with Crippen LogP contribution in [-0.2, 0) is 20.9 Å². The van der Waals surface area contributed by atoms with Crippen LogP contribution in [0.25, 0.3) is 0 Å². The van der Waals surface area contributed by atoms with E-state index in [-0.39, 0.29) is 22.0 Å². The highest BCUT2D eigenvalue weighted by Gasteiger charge is 2.43. The summed E-state index contributed by atoms with van der Waals surface area (Å²) in [7, 11) is 0. The van der Waals surface area contributed by atoms with Crippen LogP contribution < -0.4 is 0 Å². The number of rotatable bonds is 4. The zero-order valence-electron chi connectivity index (χ0n) is 21.0. The predicted octanol–water partition coefficient (Wildman–Crippen LogP) is 6.26. The zero-order chi connectivity index (χ0) is 22.5. The second kappa shape index (κ2) is 7.88. The van der Waals surface area contributed by atoms with Gasteiger partial charge in [0.2, 0.25) is 0 Å². The molecule has 0 saturated carbocycles. The Morgan fingerprint density at radius 3 is 1.27 bits per heavy atom. The summed E-state index contributed by atoms with van der Waals surface area (Å²) in [6.45, 7) is 24.6. The molecule has 0 aliphatic carbocycles. The van der Waals surface area contributed by atoms with Crippen molar-refractivity contribution in [2.45, 2.75) is 105 Å². The average Bonchev–Trinajstić information content (AvgIpc) is 3.24. The molecule has 2 fully saturated rings. The molecule has 0 aromatic heterocycles. The fourth-order valence-corrected chi connectivity index (χ4v) is 4.33. The highest BCUT2D eigenvalue weighted by Crippen LogP contribution is 2.42. The van der Waals surface area contributed by atoms with Crippen LogP contribution in [0.2, 0.25) is 0 Å². The Balaban J connectivity index is 1.71. The van der Waals surface area contributed by atoms with Crippen molar-refractivity contribution >= 4 is 0 Å². The summed E-state index contributed by atoms with van der Waals surface area (Å²) in [5.41, 5.74) is 2.36. The van der Waals surface area contributed by atoms with Gasteiger partial charge in [0.05, 0.1) is 0 Å². The Morgan fingerprint density at radius 1 is 0.700 bits per heavy atom. The summed E-state index contributed by atoms with van der Waals surface area (Å²) < 4.78 is 0. The van der Waals surface area contributed by atoms with E-state index >= 15 is 0 Å². The Kier molecular flexibility index (Phi) is 6.23. The minimum Gasteiger partial charge on any atom is -0.288 e. The molecule has 3 rings (SSSR count). The van der Waals surface area contributed by atoms with E-state index in [2.05, 4.69) is 104 Å². The number of hydroxylamine groups is 4. The summed E-state index contributed by atoms with van der Waals surface area (Å²) in [5.74, 6) is 0. The van der Waals surface area contributed by atoms with E-state index < -0.39 is 0 Å². The van der Waals surface area contributed by atoms with Crippen molar-refractivity contribution in [3.8, 4) is 0 Å². The first-order valence-electron chi connectivity index (χ1n) is 11.7. The third-order valence-corrected chi connectivity index (χ3v) is 7.73. The smallest absolute Gasteiger partial charge is 0.113 e. The molecule has 4 unspecified atom stereocenters. The number of benzene rings is 1. The van der Waals surface area contributed by atoms with Crippen LogP contribution in [0.3, 0.4) is 0 Å². The molecule has 0 radical (unpaired) electrons. The maximum absolute atomic E-state index is 6.49. The van der Waals surface area contributed by atoms with E-state index in [1.54, 1.807) is 0 Å². The summed E-state index contributed by atoms with van der Waals surface area (Å²) in [4.78, 5) is 13.0. The molecule has 4 heteroatoms. The lowest BCUT2D eigenvalue weighted by atomic mass is 9.87. The molecular weight excluding hydrogens is 372 g/mol. The number of nitrogens with zero attached hydrogens (tertiary/aromatic N) is 2. The molecule has 4 nitrogen and oxygen atoms in total. The molecular formula is C26H44N2O2. The van der Waals surface area contributed by atoms with Crippen molar-refractivity contribution in [2.24, 2.45) is 10.8 Å². The summed E-state index contributed by atoms with van der Waals surface area (Å²) in [5, 5.41) is 4.36. The molecule has 0 N–H and O–H groups in total. The summed E-state index contributed by atoms with van der Waals surface area (Å²) >= 11 is 0. The van der Waals surface area contributed by atoms with Crippen LogP contribution in [0, 0.1) is 10.8 Å². The Labute approximate surface area is 184 Å². The lowest BCUT2D eigenvalue weighted by molar-refractivity contribution is -0.226. The van der Waals surface area contributed by atoms with Gasteiger partial charge in [-0.3, -0.25) is 9.68 Å². The largest absolute Gasteiger partial charge is 0.288 e. The standard InChI is InChI=1S/C26H44N2O2/c1-19(23(3,4)5)27-17-15-25(9,29-27)21-11-13-22(14-12-21)26(10)16-18-28(30-26)20(2)24(6,7)8/h11-14,19-20H,15-18H2,1-10H3. The Hall–Kier alpha value is -0.940. The van der Waals surface area contributed by atoms with E-state index in [0.717, 1.165) is 25.9 Å². The fourth-order valence-electron chi connectivity index (χ4n) is 4.33. The first-order chi connectivity index (χ1) is 13.7. The molecule has 2 aliphatic rings. The van der Waals surface area contributed by atoms with Crippen molar-refractivity contribution in [3.63, 3.8) is 0 Å². The normalized spacial score (nSPS) is 31.3. The monoisotopic (exact) mass is 416 g/mol. The van der Waals surface area contributed by atoms with Crippen molar-refractivity contribution in [1.29, 1.82) is 0 Å². The molecule has 170 valence electrons. The van der Waals surface area contributed by atoms with Crippen LogP contribution in [0.15, 0.2) is 24.3 Å². The highest BCUT2D eigenvalue weighted by atomic mass is 16.7. The molecule has 0 spiro atoms. The van der Waals surface area contributed by atoms with Crippen LogP contribution in [-0.4, -0.2) is 35.3 Å². The van der Waals surface area contributed by atoms with Gasteiger partial charge in [0, 0.05) is 25.2 Å². The molecule has 0 amide bonds. The van der Waals surface area contributed by atoms with E-state index in [1.165, 1.54) is 11.1 Å². The quantitative estimate of drug-likeness (QED) is 0.578. The van der Waals surface area contributed by atoms with E-state index in [4.69, 9.17) is 9.68 Å². The second-order valence-electron chi connectivity index (χ2n) is 12.1. The lowest BCUT2D eigenvalue weighted by Crippen LogP contribution is -2.40. The molecule has 30 heavy (non-hydrogen) atoms. The predicted molar refractivity (Wildman–Crippen MR) is 124 cm³/mol. The minimum atomic E-state index is -0.262. The van der Waals surface area contributed by atoms with E-state index in [1.807, 2.05) is 0 Å². The third kappa shape index (κ3) is 4.62. The van der Waals surface area contributed by atoms with Crippen LogP contribution in [0.4, 0.5) is 0 Å². The zero-order valence-corrected chi connectivity index (χ0v) is 21.0. The lowest BCUT2D eigenvalue weighted by Gasteiger charge is -2.36. The summed E-state index contributed by atoms with van der Waals surface area (Å²) in [6.07, 6.45) is 2.02. The Bertz CT molecular complexity index is 670. The van der Waals surface area contributed by atoms with Gasteiger partial charge in [0.1, 0.15) is 11.2 Å². The topological polar surface area (TPSA) is 24.9 Å². The number of hydrogen-bond acceptors (Lipinski definition) is 4. The first kappa shape index (κ1) is 23.7. The SMILES string of the molecule is CC(N1CCC(C)(c2ccc(C3(C)CCN(C(C)C(C)(C)C)O3)cc2)O1)C(C)(C)C. The average molecular weight is 417 g/mol. The molecule has 2 saturated heterocycles. The van der Waals surface area contributed by atoms with Crippen LogP contribution >= 0.6 is 0 Å². The van der Waals surface area contributed by atoms with E-state index in [9.17, 15) is 0 Å². The summed E-state index contributed by atoms with van der Waals surface area (Å²) in [6, 6.07) is 9.71. The maximum atomic E-state index is 6.49. The van der Waals surface area contributed by atoms with Crippen molar-refractivity contribution in [3.05, 3.63) is 35.4 Å². The van der Waals surface area contributed by atoms with Crippen molar-refractivity contribution in [1.82, 2.24) is 10.1 Å². The van der Waals surface area contributed by atoms with Crippen molar-refractivity contribution in [2.75, 3.05) is 13.1 Å². The molecule has 2 aliphatic heterocycles. The molecule has 1 aromatic carbocycles. The van der Waals surface area contributed by atoms with Gasteiger partial charge in [-0.15, -0.1) is 0 Å². The van der Waals surface area contributed by atoms with Gasteiger partial charge in [-0.1, -0.05) is 65.8 Å². The third-order valence-electron chi connectivity index (χ3n) is 7.73. The molecule has 2 heterocycles. The molecule has 1 aromatic rings. The van der Waals surface area contributed by atoms with E-state index in [0.29, 0.717) is 12.1 Å². The number of hydrogen-bond donors (Lipinski definition) is 0. The van der Waals surface area contributed by atoms with Gasteiger partial charge in [0.25, 0.3) is 0 Å². The minimum absolute atomic E-state index is 0.194. The van der Waals surface area contributed by atoms with Gasteiger partial charge in [-0.25, -0.2) is 0 Å². The molecule has 0 bridgehead atoms. The van der Waals surface area contributed by atoms with Gasteiger partial charge >= 0.3 is 0 Å².